The van der Waals surface area contributed by atoms with E-state index in [1.165, 1.54) is 11.1 Å². The normalized spacial score (nSPS) is 10.6. The Kier molecular flexibility index (Phi) is 6.78. The maximum Gasteiger partial charge on any atom is 0.255 e. The Morgan fingerprint density at radius 3 is 2.13 bits per heavy atom. The van der Waals surface area contributed by atoms with Crippen molar-refractivity contribution in [3.05, 3.63) is 88.0 Å². The average molecular weight is 404 g/mol. The molecule has 0 saturated carbocycles. The molecule has 0 aliphatic rings. The van der Waals surface area contributed by atoms with Gasteiger partial charge in [-0.2, -0.15) is 0 Å². The van der Waals surface area contributed by atoms with Gasteiger partial charge in [-0.3, -0.25) is 4.79 Å². The van der Waals surface area contributed by atoms with Gasteiger partial charge in [0.2, 0.25) is 0 Å². The lowest BCUT2D eigenvalue weighted by Crippen LogP contribution is -2.15. The lowest BCUT2D eigenvalue weighted by molar-refractivity contribution is 0.102. The van der Waals surface area contributed by atoms with Crippen molar-refractivity contribution in [3.8, 4) is 11.5 Å². The molecule has 0 saturated heterocycles. The van der Waals surface area contributed by atoms with Crippen molar-refractivity contribution in [3.63, 3.8) is 0 Å². The number of anilines is 1. The first kappa shape index (κ1) is 21.4. The summed E-state index contributed by atoms with van der Waals surface area (Å²) in [6.07, 6.45) is 0. The minimum Gasteiger partial charge on any atom is -0.493 e. The van der Waals surface area contributed by atoms with E-state index < -0.39 is 0 Å². The number of ether oxygens (including phenoxy) is 2. The third-order valence-corrected chi connectivity index (χ3v) is 4.95. The van der Waals surface area contributed by atoms with E-state index >= 15 is 0 Å². The van der Waals surface area contributed by atoms with Gasteiger partial charge in [0.1, 0.15) is 18.1 Å². The van der Waals surface area contributed by atoms with Crippen LogP contribution in [0.1, 0.15) is 45.1 Å². The van der Waals surface area contributed by atoms with Crippen molar-refractivity contribution in [2.75, 3.05) is 11.9 Å². The molecule has 0 radical (unpaired) electrons. The molecule has 0 heterocycles. The van der Waals surface area contributed by atoms with Crippen LogP contribution >= 0.6 is 0 Å². The van der Waals surface area contributed by atoms with E-state index in [-0.39, 0.29) is 5.91 Å². The minimum atomic E-state index is -0.148. The zero-order valence-corrected chi connectivity index (χ0v) is 18.3. The van der Waals surface area contributed by atoms with Crippen LogP contribution in [0.15, 0.2) is 54.6 Å². The molecule has 0 aromatic heterocycles. The van der Waals surface area contributed by atoms with E-state index in [1.807, 2.05) is 64.1 Å². The molecular formula is C26H29NO3. The first-order valence-electron chi connectivity index (χ1n) is 10.2. The zero-order chi connectivity index (χ0) is 21.7. The number of carbonyl (C=O) groups is 1. The Hall–Kier alpha value is -3.27. The van der Waals surface area contributed by atoms with E-state index in [9.17, 15) is 4.79 Å². The van der Waals surface area contributed by atoms with Crippen LogP contribution in [-0.4, -0.2) is 12.5 Å². The lowest BCUT2D eigenvalue weighted by Gasteiger charge is -2.15. The largest absolute Gasteiger partial charge is 0.493 e. The van der Waals surface area contributed by atoms with Crippen molar-refractivity contribution >= 4 is 11.6 Å². The molecule has 0 aliphatic carbocycles. The highest BCUT2D eigenvalue weighted by molar-refractivity contribution is 6.05. The van der Waals surface area contributed by atoms with E-state index in [0.29, 0.717) is 18.8 Å². The van der Waals surface area contributed by atoms with Crippen LogP contribution in [0, 0.1) is 27.7 Å². The molecule has 0 bridgehead atoms. The molecule has 0 aliphatic heterocycles. The molecule has 0 fully saturated rings. The number of hydrogen-bond acceptors (Lipinski definition) is 3. The Bertz CT molecular complexity index is 1020. The molecule has 1 N–H and O–H groups in total. The maximum atomic E-state index is 12.9. The predicted octanol–water partition coefficient (Wildman–Crippen LogP) is 6.15. The van der Waals surface area contributed by atoms with Crippen molar-refractivity contribution in [2.45, 2.75) is 41.2 Å². The number of benzene rings is 3. The van der Waals surface area contributed by atoms with Gasteiger partial charge < -0.3 is 14.8 Å². The van der Waals surface area contributed by atoms with Crippen LogP contribution < -0.4 is 14.8 Å². The number of carbonyl (C=O) groups excluding carboxylic acids is 1. The fourth-order valence-electron chi connectivity index (χ4n) is 3.49. The molecule has 0 atom stereocenters. The molecule has 3 aromatic carbocycles. The van der Waals surface area contributed by atoms with Crippen LogP contribution in [0.2, 0.25) is 0 Å². The molecule has 4 nitrogen and oxygen atoms in total. The van der Waals surface area contributed by atoms with E-state index in [0.717, 1.165) is 33.9 Å². The second-order valence-electron chi connectivity index (χ2n) is 7.59. The summed E-state index contributed by atoms with van der Waals surface area (Å²) in [7, 11) is 0. The minimum absolute atomic E-state index is 0.148. The lowest BCUT2D eigenvalue weighted by atomic mass is 10.0. The maximum absolute atomic E-state index is 12.9. The summed E-state index contributed by atoms with van der Waals surface area (Å²) in [6, 6.07) is 17.5. The molecule has 1 amide bonds. The Morgan fingerprint density at radius 1 is 0.833 bits per heavy atom. The Balaban J connectivity index is 1.82. The zero-order valence-electron chi connectivity index (χ0n) is 18.3. The fourth-order valence-corrected chi connectivity index (χ4v) is 3.49. The summed E-state index contributed by atoms with van der Waals surface area (Å²) in [5.41, 5.74) is 6.72. The van der Waals surface area contributed by atoms with Gasteiger partial charge in [0, 0.05) is 16.8 Å². The Morgan fingerprint density at radius 2 is 1.50 bits per heavy atom. The van der Waals surface area contributed by atoms with Gasteiger partial charge in [-0.15, -0.1) is 0 Å². The molecule has 30 heavy (non-hydrogen) atoms. The molecule has 0 spiro atoms. The quantitative estimate of drug-likeness (QED) is 0.515. The van der Waals surface area contributed by atoms with Crippen LogP contribution in [0.3, 0.4) is 0 Å². The number of nitrogens with one attached hydrogen (secondary N) is 1. The van der Waals surface area contributed by atoms with Crippen molar-refractivity contribution in [1.82, 2.24) is 0 Å². The van der Waals surface area contributed by atoms with Crippen LogP contribution in [-0.2, 0) is 6.61 Å². The van der Waals surface area contributed by atoms with Crippen molar-refractivity contribution < 1.29 is 14.3 Å². The smallest absolute Gasteiger partial charge is 0.255 e. The number of amides is 1. The van der Waals surface area contributed by atoms with Gasteiger partial charge in [0.25, 0.3) is 5.91 Å². The monoisotopic (exact) mass is 403 g/mol. The average Bonchev–Trinajstić information content (AvgIpc) is 2.71. The third kappa shape index (κ3) is 5.20. The van der Waals surface area contributed by atoms with Gasteiger partial charge in [-0.1, -0.05) is 35.4 Å². The van der Waals surface area contributed by atoms with Crippen molar-refractivity contribution in [2.24, 2.45) is 0 Å². The second kappa shape index (κ2) is 9.49. The SMILES string of the molecule is CCOc1ccc(C(=O)Nc2c(C)cc(C)cc2C)cc1COc1ccc(C)cc1. The van der Waals surface area contributed by atoms with Gasteiger partial charge in [0.05, 0.1) is 6.61 Å². The second-order valence-corrected chi connectivity index (χ2v) is 7.59. The summed E-state index contributed by atoms with van der Waals surface area (Å²) < 4.78 is 11.7. The van der Waals surface area contributed by atoms with Crippen molar-refractivity contribution in [1.29, 1.82) is 0 Å². The molecule has 3 aromatic rings. The molecule has 156 valence electrons. The molecule has 0 unspecified atom stereocenters. The fraction of sp³-hybridized carbons (Fsp3) is 0.269. The highest BCUT2D eigenvalue weighted by Gasteiger charge is 2.14. The number of hydrogen-bond donors (Lipinski definition) is 1. The van der Waals surface area contributed by atoms with Gasteiger partial charge in [0.15, 0.2) is 0 Å². The van der Waals surface area contributed by atoms with Gasteiger partial charge >= 0.3 is 0 Å². The summed E-state index contributed by atoms with van der Waals surface area (Å²) in [5, 5.41) is 3.06. The Labute approximate surface area is 178 Å². The highest BCUT2D eigenvalue weighted by Crippen LogP contribution is 2.26. The standard InChI is InChI=1S/C26H29NO3/c1-6-29-24-12-9-21(15-22(24)16-30-23-10-7-17(2)8-11-23)26(28)27-25-19(4)13-18(3)14-20(25)5/h7-15H,6,16H2,1-5H3,(H,27,28). The number of aryl methyl sites for hydroxylation is 4. The summed E-state index contributed by atoms with van der Waals surface area (Å²) >= 11 is 0. The predicted molar refractivity (Wildman–Crippen MR) is 122 cm³/mol. The summed E-state index contributed by atoms with van der Waals surface area (Å²) in [6.45, 7) is 10.9. The molecular weight excluding hydrogens is 374 g/mol. The molecule has 4 heteroatoms. The third-order valence-electron chi connectivity index (χ3n) is 4.95. The summed E-state index contributed by atoms with van der Waals surface area (Å²) in [4.78, 5) is 12.9. The highest BCUT2D eigenvalue weighted by atomic mass is 16.5. The van der Waals surface area contributed by atoms with E-state index in [1.54, 1.807) is 6.07 Å². The van der Waals surface area contributed by atoms with E-state index in [2.05, 4.69) is 24.4 Å². The topological polar surface area (TPSA) is 47.6 Å². The molecule has 3 rings (SSSR count). The first-order valence-corrected chi connectivity index (χ1v) is 10.2. The van der Waals surface area contributed by atoms with E-state index in [4.69, 9.17) is 9.47 Å². The van der Waals surface area contributed by atoms with Crippen LogP contribution in [0.4, 0.5) is 5.69 Å². The summed E-state index contributed by atoms with van der Waals surface area (Å²) in [5.74, 6) is 1.36. The number of rotatable bonds is 7. The van der Waals surface area contributed by atoms with Gasteiger partial charge in [-0.05, 0) is 76.1 Å². The van der Waals surface area contributed by atoms with Crippen LogP contribution in [0.25, 0.3) is 0 Å². The first-order chi connectivity index (χ1) is 14.4. The van der Waals surface area contributed by atoms with Gasteiger partial charge in [-0.25, -0.2) is 0 Å². The van der Waals surface area contributed by atoms with Crippen LogP contribution in [0.5, 0.6) is 11.5 Å².